The number of imidazole rings is 1. The van der Waals surface area contributed by atoms with Crippen LogP contribution in [0.3, 0.4) is 0 Å². The number of nitrogens with one attached hydrogen (secondary N) is 3. The van der Waals surface area contributed by atoms with E-state index in [9.17, 15) is 15.0 Å². The number of aromatic nitrogens is 4. The van der Waals surface area contributed by atoms with Crippen LogP contribution in [0.15, 0.2) is 72.0 Å². The Balaban J connectivity index is 1.33. The second-order valence-electron chi connectivity index (χ2n) is 11.1. The molecule has 1 saturated heterocycles. The Morgan fingerprint density at radius 3 is 2.70 bits per heavy atom. The maximum atomic E-state index is 12.5. The van der Waals surface area contributed by atoms with Crippen LogP contribution >= 0.6 is 0 Å². The lowest BCUT2D eigenvalue weighted by molar-refractivity contribution is -0.111. The van der Waals surface area contributed by atoms with Crippen LogP contribution in [0.2, 0.25) is 0 Å². The highest BCUT2D eigenvalue weighted by Crippen LogP contribution is 2.39. The van der Waals surface area contributed by atoms with E-state index in [1.54, 1.807) is 31.7 Å². The van der Waals surface area contributed by atoms with E-state index in [2.05, 4.69) is 37.0 Å². The molecule has 1 aliphatic rings. The van der Waals surface area contributed by atoms with Crippen molar-refractivity contribution in [3.63, 3.8) is 0 Å². The Bertz CT molecular complexity index is 1860. The van der Waals surface area contributed by atoms with Crippen molar-refractivity contribution >= 4 is 39.9 Å². The van der Waals surface area contributed by atoms with Gasteiger partial charge < -0.3 is 39.9 Å². The number of benzene rings is 2. The smallest absolute Gasteiger partial charge is 0.247 e. The molecule has 2 aromatic carbocycles. The third kappa shape index (κ3) is 7.12. The van der Waals surface area contributed by atoms with Gasteiger partial charge in [0.25, 0.3) is 0 Å². The van der Waals surface area contributed by atoms with Crippen molar-refractivity contribution < 1.29 is 24.2 Å². The number of furan rings is 1. The topological polar surface area (TPSA) is 165 Å². The number of aryl methyl sites for hydroxylation is 1. The first-order chi connectivity index (χ1) is 23.0. The number of aliphatic hydroxyl groups excluding tert-OH is 2. The molecule has 0 spiro atoms. The van der Waals surface area contributed by atoms with Gasteiger partial charge in [-0.1, -0.05) is 18.7 Å². The van der Waals surface area contributed by atoms with E-state index in [0.29, 0.717) is 59.5 Å². The van der Waals surface area contributed by atoms with Crippen LogP contribution in [0.4, 0.5) is 23.0 Å². The number of ether oxygens (including phenoxy) is 1. The molecule has 5 aromatic rings. The van der Waals surface area contributed by atoms with E-state index in [1.165, 1.54) is 6.08 Å². The molecule has 0 saturated carbocycles. The molecule has 1 aliphatic heterocycles. The summed E-state index contributed by atoms with van der Waals surface area (Å²) in [5.74, 6) is 1.25. The number of hydrogen-bond donors (Lipinski definition) is 5. The number of methoxy groups -OCH3 is 1. The normalized spacial score (nSPS) is 13.6. The lowest BCUT2D eigenvalue weighted by Crippen LogP contribution is -2.47. The zero-order chi connectivity index (χ0) is 32.8. The molecule has 3 aromatic heterocycles. The van der Waals surface area contributed by atoms with Crippen LogP contribution in [0, 0.1) is 0 Å². The highest BCUT2D eigenvalue weighted by atomic mass is 16.5. The highest BCUT2D eigenvalue weighted by Gasteiger charge is 2.23. The Morgan fingerprint density at radius 2 is 1.94 bits per heavy atom. The van der Waals surface area contributed by atoms with Crippen molar-refractivity contribution in [2.75, 3.05) is 68.6 Å². The van der Waals surface area contributed by atoms with Gasteiger partial charge in [0.05, 0.1) is 54.1 Å². The second-order valence-corrected chi connectivity index (χ2v) is 11.1. The van der Waals surface area contributed by atoms with Gasteiger partial charge in [-0.15, -0.1) is 0 Å². The molecule has 0 atom stereocenters. The number of piperazine rings is 1. The van der Waals surface area contributed by atoms with Crippen LogP contribution in [0.25, 0.3) is 33.6 Å². The summed E-state index contributed by atoms with van der Waals surface area (Å²) in [7, 11) is 1.59. The average Bonchev–Trinajstić information content (AvgIpc) is 3.75. The molecule has 13 heteroatoms. The molecule has 0 radical (unpaired) electrons. The Morgan fingerprint density at radius 1 is 1.09 bits per heavy atom. The Kier molecular flexibility index (Phi) is 9.76. The predicted molar refractivity (Wildman–Crippen MR) is 181 cm³/mol. The van der Waals surface area contributed by atoms with Crippen LogP contribution in [0.1, 0.15) is 12.2 Å². The number of aliphatic hydroxyl groups is 2. The number of fused-ring (bicyclic) bond motifs is 1. The molecular weight excluding hydrogens is 600 g/mol. The van der Waals surface area contributed by atoms with E-state index in [-0.39, 0.29) is 19.1 Å². The average molecular weight is 639 g/mol. The standard InChI is InChI=1S/C34H38N8O5/c1-3-31(45)36-25-20-26(29(46-2)21-27(25)42-13-11-41(12-14-42)15-17-44)38-34-35-10-8-24(37-34)33-32(39-30(40-33)5-4-16-43)23-7-6-22-9-18-47-28(22)19-23/h3,6-10,18-21,43-44H,1,4-5,11-17H2,2H3,(H,36,45)(H,39,40)(H,35,37,38). The van der Waals surface area contributed by atoms with Crippen molar-refractivity contribution in [3.05, 3.63) is 73.4 Å². The fourth-order valence-corrected chi connectivity index (χ4v) is 5.70. The van der Waals surface area contributed by atoms with E-state index in [4.69, 9.17) is 19.1 Å². The number of amides is 1. The summed E-state index contributed by atoms with van der Waals surface area (Å²) in [6, 6.07) is 13.3. The molecular formula is C34H38N8O5. The fourth-order valence-electron chi connectivity index (χ4n) is 5.70. The molecule has 5 N–H and O–H groups in total. The van der Waals surface area contributed by atoms with E-state index in [0.717, 1.165) is 54.2 Å². The summed E-state index contributed by atoms with van der Waals surface area (Å²) in [6.07, 6.45) is 5.68. The second kappa shape index (κ2) is 14.5. The van der Waals surface area contributed by atoms with Crippen LogP contribution in [0.5, 0.6) is 5.75 Å². The van der Waals surface area contributed by atoms with E-state index >= 15 is 0 Å². The number of aromatic amines is 1. The van der Waals surface area contributed by atoms with Gasteiger partial charge in [-0.25, -0.2) is 15.0 Å². The summed E-state index contributed by atoms with van der Waals surface area (Å²) < 4.78 is 11.4. The zero-order valence-electron chi connectivity index (χ0n) is 26.2. The number of hydrogen-bond acceptors (Lipinski definition) is 11. The van der Waals surface area contributed by atoms with Crippen LogP contribution < -0.4 is 20.3 Å². The van der Waals surface area contributed by atoms with Gasteiger partial charge in [0.15, 0.2) is 0 Å². The maximum Gasteiger partial charge on any atom is 0.247 e. The zero-order valence-corrected chi connectivity index (χ0v) is 26.2. The minimum Gasteiger partial charge on any atom is -0.494 e. The molecule has 244 valence electrons. The maximum absolute atomic E-state index is 12.5. The number of nitrogens with zero attached hydrogens (tertiary/aromatic N) is 5. The molecule has 0 bridgehead atoms. The number of β-amino-alcohol motifs (C(OH)–C–C–N with tert-alkyl or cyclic N) is 1. The highest BCUT2D eigenvalue weighted by molar-refractivity contribution is 6.02. The molecule has 13 nitrogen and oxygen atoms in total. The third-order valence-corrected chi connectivity index (χ3v) is 8.10. The van der Waals surface area contributed by atoms with Gasteiger partial charge in [0, 0.05) is 69.0 Å². The minimum absolute atomic E-state index is 0.0566. The number of carbonyl (C=O) groups excluding carboxylic acids is 1. The van der Waals surface area contributed by atoms with E-state index < -0.39 is 0 Å². The third-order valence-electron chi connectivity index (χ3n) is 8.10. The predicted octanol–water partition coefficient (Wildman–Crippen LogP) is 4.20. The first kappa shape index (κ1) is 31.7. The summed E-state index contributed by atoms with van der Waals surface area (Å²) in [4.78, 5) is 34.4. The number of H-pyrrole nitrogens is 1. The van der Waals surface area contributed by atoms with E-state index in [1.807, 2.05) is 30.3 Å². The minimum atomic E-state index is -0.337. The van der Waals surface area contributed by atoms with Crippen molar-refractivity contribution in [1.29, 1.82) is 0 Å². The molecule has 0 unspecified atom stereocenters. The molecule has 4 heterocycles. The number of carbonyl (C=O) groups is 1. The first-order valence-electron chi connectivity index (χ1n) is 15.5. The molecule has 1 amide bonds. The van der Waals surface area contributed by atoms with Gasteiger partial charge in [0.2, 0.25) is 11.9 Å². The molecule has 1 fully saturated rings. The van der Waals surface area contributed by atoms with Crippen LogP contribution in [-0.4, -0.2) is 94.0 Å². The molecule has 47 heavy (non-hydrogen) atoms. The van der Waals surface area contributed by atoms with Crippen molar-refractivity contribution in [2.24, 2.45) is 0 Å². The Labute approximate surface area is 271 Å². The van der Waals surface area contributed by atoms with Gasteiger partial charge in [0.1, 0.15) is 17.2 Å². The fraction of sp³-hybridized carbons (Fsp3) is 0.294. The Hall–Kier alpha value is -5.24. The molecule has 6 rings (SSSR count). The summed E-state index contributed by atoms with van der Waals surface area (Å²) >= 11 is 0. The summed E-state index contributed by atoms with van der Waals surface area (Å²) in [6.45, 7) is 7.41. The van der Waals surface area contributed by atoms with Gasteiger partial charge in [-0.05, 0) is 36.8 Å². The quantitative estimate of drug-likeness (QED) is 0.117. The van der Waals surface area contributed by atoms with Crippen molar-refractivity contribution in [2.45, 2.75) is 12.8 Å². The SMILES string of the molecule is C=CC(=O)Nc1cc(Nc2nccc(-c3[nH]c(CCCO)nc3-c3ccc4ccoc4c3)n2)c(OC)cc1N1CCN(CCO)CC1. The van der Waals surface area contributed by atoms with Crippen molar-refractivity contribution in [1.82, 2.24) is 24.8 Å². The van der Waals surface area contributed by atoms with Gasteiger partial charge in [-0.3, -0.25) is 9.69 Å². The number of rotatable bonds is 13. The van der Waals surface area contributed by atoms with Gasteiger partial charge in [-0.2, -0.15) is 0 Å². The van der Waals surface area contributed by atoms with Crippen LogP contribution in [-0.2, 0) is 11.2 Å². The number of anilines is 4. The monoisotopic (exact) mass is 638 g/mol. The molecule has 0 aliphatic carbocycles. The van der Waals surface area contributed by atoms with Crippen molar-refractivity contribution in [3.8, 4) is 28.4 Å². The summed E-state index contributed by atoms with van der Waals surface area (Å²) in [5.41, 5.74) is 5.58. The lowest BCUT2D eigenvalue weighted by Gasteiger charge is -2.37. The van der Waals surface area contributed by atoms with Gasteiger partial charge >= 0.3 is 0 Å². The largest absolute Gasteiger partial charge is 0.494 e. The first-order valence-corrected chi connectivity index (χ1v) is 15.5. The lowest BCUT2D eigenvalue weighted by atomic mass is 10.1. The summed E-state index contributed by atoms with van der Waals surface area (Å²) in [5, 5.41) is 26.0.